The lowest BCUT2D eigenvalue weighted by Crippen LogP contribution is -2.29. The number of nitrogens with one attached hydrogen (secondary N) is 4. The van der Waals surface area contributed by atoms with Crippen LogP contribution in [0.4, 0.5) is 10.1 Å². The van der Waals surface area contributed by atoms with Crippen molar-refractivity contribution in [3.63, 3.8) is 0 Å². The Morgan fingerprint density at radius 2 is 1.73 bits per heavy atom. The van der Waals surface area contributed by atoms with Crippen LogP contribution in [0, 0.1) is 33.4 Å². The zero-order valence-corrected chi connectivity index (χ0v) is 22.7. The molecule has 1 atom stereocenters. The minimum Gasteiger partial charge on any atom is -0.398 e. The molecule has 1 aliphatic heterocycles. The number of hydrogen-bond donors (Lipinski definition) is 5. The molecule has 8 heteroatoms. The lowest BCUT2D eigenvalue weighted by atomic mass is 9.91. The third-order valence-corrected chi connectivity index (χ3v) is 5.81. The van der Waals surface area contributed by atoms with Gasteiger partial charge in [-0.15, -0.1) is 18.2 Å². The average Bonchev–Trinajstić information content (AvgIpc) is 2.95. The van der Waals surface area contributed by atoms with Crippen molar-refractivity contribution < 1.29 is 4.39 Å². The van der Waals surface area contributed by atoms with E-state index in [2.05, 4.69) is 29.8 Å². The topological polar surface area (TPSA) is 125 Å². The van der Waals surface area contributed by atoms with Gasteiger partial charge < -0.3 is 27.4 Å². The van der Waals surface area contributed by atoms with Gasteiger partial charge in [-0.1, -0.05) is 36.8 Å². The van der Waals surface area contributed by atoms with Crippen LogP contribution >= 0.6 is 11.6 Å². The average molecular weight is 529 g/mol. The number of halogens is 2. The first kappa shape index (κ1) is 33.8. The molecule has 0 saturated carbocycles. The van der Waals surface area contributed by atoms with Crippen molar-refractivity contribution >= 4 is 42.1 Å². The van der Waals surface area contributed by atoms with Gasteiger partial charge in [-0.3, -0.25) is 4.90 Å². The minimum absolute atomic E-state index is 0.0712. The van der Waals surface area contributed by atoms with Crippen LogP contribution in [0.1, 0.15) is 48.8 Å². The Balaban J connectivity index is 0.000000635. The van der Waals surface area contributed by atoms with Gasteiger partial charge in [0, 0.05) is 41.4 Å². The number of hydrogen-bond acceptors (Lipinski definition) is 6. The third-order valence-electron chi connectivity index (χ3n) is 5.81. The lowest BCUT2D eigenvalue weighted by molar-refractivity contribution is 0.218. The SMILES string of the molecule is C=CC(CC=N)C(=N)c1cc(CCC=N)ccc1N.C=N.CCl.Fc1ccccc1CN1CCCCC1. The van der Waals surface area contributed by atoms with Crippen LogP contribution in [-0.2, 0) is 13.0 Å². The van der Waals surface area contributed by atoms with Crippen LogP contribution in [0.5, 0.6) is 0 Å². The molecule has 1 heterocycles. The predicted molar refractivity (Wildman–Crippen MR) is 159 cm³/mol. The first-order valence-corrected chi connectivity index (χ1v) is 13.0. The number of nitrogens with two attached hydrogens (primary N) is 1. The summed E-state index contributed by atoms with van der Waals surface area (Å²) < 4.78 is 13.3. The van der Waals surface area contributed by atoms with Crippen molar-refractivity contribution in [1.29, 1.82) is 21.6 Å². The molecule has 0 radical (unpaired) electrons. The molecule has 0 bridgehead atoms. The molecule has 1 fully saturated rings. The summed E-state index contributed by atoms with van der Waals surface area (Å²) in [7, 11) is 0. The zero-order chi connectivity index (χ0) is 28.1. The number of anilines is 1. The van der Waals surface area contributed by atoms with Crippen molar-refractivity contribution in [2.75, 3.05) is 25.2 Å². The number of piperidine rings is 1. The Morgan fingerprint density at radius 3 is 2.30 bits per heavy atom. The summed E-state index contributed by atoms with van der Waals surface area (Å²) in [4.78, 5) is 2.34. The zero-order valence-electron chi connectivity index (χ0n) is 21.9. The summed E-state index contributed by atoms with van der Waals surface area (Å²) in [6.07, 6.45) is 11.6. The number of alkyl halides is 1. The number of likely N-dealkylation sites (tertiary alicyclic amines) is 1. The molecule has 6 nitrogen and oxygen atoms in total. The van der Waals surface area contributed by atoms with E-state index in [1.807, 2.05) is 24.3 Å². The van der Waals surface area contributed by atoms with Crippen molar-refractivity contribution in [3.8, 4) is 0 Å². The van der Waals surface area contributed by atoms with E-state index in [1.54, 1.807) is 24.3 Å². The number of rotatable bonds is 10. The molecule has 0 aromatic heterocycles. The molecule has 0 spiro atoms. The van der Waals surface area contributed by atoms with Crippen molar-refractivity contribution in [3.05, 3.63) is 77.6 Å². The van der Waals surface area contributed by atoms with Gasteiger partial charge in [0.15, 0.2) is 0 Å². The molecular formula is C29H42ClFN6. The third kappa shape index (κ3) is 12.6. The van der Waals surface area contributed by atoms with E-state index in [0.29, 0.717) is 29.8 Å². The minimum atomic E-state index is -0.183. The molecule has 0 amide bonds. The highest BCUT2D eigenvalue weighted by molar-refractivity contribution is 6.15. The number of nitrogens with zero attached hydrogens (tertiary/aromatic N) is 1. The maximum atomic E-state index is 13.3. The maximum Gasteiger partial charge on any atom is 0.127 e. The Labute approximate surface area is 226 Å². The van der Waals surface area contributed by atoms with Crippen molar-refractivity contribution in [1.82, 2.24) is 4.90 Å². The van der Waals surface area contributed by atoms with E-state index in [0.717, 1.165) is 37.2 Å². The fourth-order valence-corrected chi connectivity index (χ4v) is 3.87. The summed E-state index contributed by atoms with van der Waals surface area (Å²) in [6.45, 7) is 9.22. The van der Waals surface area contributed by atoms with Gasteiger partial charge in [-0.2, -0.15) is 0 Å². The monoisotopic (exact) mass is 528 g/mol. The molecule has 2 aromatic carbocycles. The van der Waals surface area contributed by atoms with Gasteiger partial charge in [0.05, 0.1) is 0 Å². The Kier molecular flexibility index (Phi) is 19.2. The summed E-state index contributed by atoms with van der Waals surface area (Å²) in [5.74, 6) is -0.254. The Bertz CT molecular complexity index is 959. The summed E-state index contributed by atoms with van der Waals surface area (Å²) in [5.41, 5.74) is 9.49. The molecular weight excluding hydrogens is 487 g/mol. The quantitative estimate of drug-likeness (QED) is 0.0985. The fourth-order valence-electron chi connectivity index (χ4n) is 3.87. The highest BCUT2D eigenvalue weighted by Crippen LogP contribution is 2.21. The molecule has 1 unspecified atom stereocenters. The van der Waals surface area contributed by atoms with E-state index in [-0.39, 0.29) is 11.7 Å². The maximum absolute atomic E-state index is 13.3. The highest BCUT2D eigenvalue weighted by Gasteiger charge is 2.15. The number of nitrogen functional groups attached to an aromatic ring is 1. The van der Waals surface area contributed by atoms with Crippen LogP contribution in [0.3, 0.4) is 0 Å². The van der Waals surface area contributed by atoms with Gasteiger partial charge in [-0.25, -0.2) is 4.39 Å². The molecule has 2 aromatic rings. The standard InChI is InChI=1S/C15H20N4.C12H16FN.CH3Cl.CH3N/c1-2-12(7-9-17)15(19)13-10-11(4-3-8-16)5-6-14(13)18;13-12-7-3-2-6-11(12)10-14-8-4-1-5-9-14;2*1-2/h2,5-6,8-10,12,16-17,19H,1,3-4,7,18H2;2-3,6-7H,1,4-5,8-10H2;1H3;2H,1H2. The molecule has 6 N–H and O–H groups in total. The Morgan fingerprint density at radius 1 is 1.08 bits per heavy atom. The second-order valence-electron chi connectivity index (χ2n) is 8.29. The van der Waals surface area contributed by atoms with E-state index in [4.69, 9.17) is 27.4 Å². The highest BCUT2D eigenvalue weighted by atomic mass is 35.5. The molecule has 3 rings (SSSR count). The van der Waals surface area contributed by atoms with Crippen LogP contribution in [0.15, 0.2) is 55.1 Å². The second-order valence-corrected chi connectivity index (χ2v) is 8.29. The van der Waals surface area contributed by atoms with Crippen LogP contribution in [0.2, 0.25) is 0 Å². The van der Waals surface area contributed by atoms with Crippen molar-refractivity contribution in [2.24, 2.45) is 5.92 Å². The van der Waals surface area contributed by atoms with Crippen LogP contribution in [0.25, 0.3) is 0 Å². The van der Waals surface area contributed by atoms with E-state index < -0.39 is 0 Å². The first-order valence-electron chi connectivity index (χ1n) is 12.3. The number of aryl methyl sites for hydroxylation is 1. The van der Waals surface area contributed by atoms with Gasteiger partial charge in [0.1, 0.15) is 5.82 Å². The first-order chi connectivity index (χ1) is 18.0. The molecule has 1 aliphatic rings. The van der Waals surface area contributed by atoms with Gasteiger partial charge in [0.25, 0.3) is 0 Å². The van der Waals surface area contributed by atoms with E-state index in [9.17, 15) is 4.39 Å². The largest absolute Gasteiger partial charge is 0.398 e. The second kappa shape index (κ2) is 21.0. The smallest absolute Gasteiger partial charge is 0.127 e. The summed E-state index contributed by atoms with van der Waals surface area (Å²) >= 11 is 4.64. The number of allylic oxidation sites excluding steroid dienone is 1. The van der Waals surface area contributed by atoms with Gasteiger partial charge in [-0.05, 0) is 88.1 Å². The number of benzene rings is 2. The lowest BCUT2D eigenvalue weighted by Gasteiger charge is -2.26. The van der Waals surface area contributed by atoms with E-state index in [1.165, 1.54) is 38.1 Å². The predicted octanol–water partition coefficient (Wildman–Crippen LogP) is 6.99. The Hall–Kier alpha value is -3.16. The van der Waals surface area contributed by atoms with Gasteiger partial charge in [0.2, 0.25) is 0 Å². The normalized spacial score (nSPS) is 13.2. The molecule has 202 valence electrons. The molecule has 1 saturated heterocycles. The molecule has 37 heavy (non-hydrogen) atoms. The molecule has 0 aliphatic carbocycles. The van der Waals surface area contributed by atoms with Crippen LogP contribution < -0.4 is 5.73 Å². The van der Waals surface area contributed by atoms with E-state index >= 15 is 0 Å². The van der Waals surface area contributed by atoms with Crippen LogP contribution in [-0.4, -0.2) is 49.2 Å². The van der Waals surface area contributed by atoms with Gasteiger partial charge >= 0.3 is 0 Å². The summed E-state index contributed by atoms with van der Waals surface area (Å²) in [5, 5.41) is 27.9. The van der Waals surface area contributed by atoms with Crippen molar-refractivity contribution in [2.45, 2.75) is 45.1 Å². The fraction of sp³-hybridized carbons (Fsp3) is 0.379. The summed E-state index contributed by atoms with van der Waals surface area (Å²) in [6, 6.07) is 12.7.